The molecule has 1 fully saturated rings. The van der Waals surface area contributed by atoms with Crippen LogP contribution < -0.4 is 10.6 Å². The molecule has 0 aliphatic carbocycles. The van der Waals surface area contributed by atoms with E-state index in [4.69, 9.17) is 0 Å². The molecule has 1 aliphatic heterocycles. The molecule has 0 unspecified atom stereocenters. The second kappa shape index (κ2) is 5.13. The van der Waals surface area contributed by atoms with E-state index in [2.05, 4.69) is 15.6 Å². The molecule has 1 aromatic rings. The van der Waals surface area contributed by atoms with Crippen LogP contribution in [0.3, 0.4) is 0 Å². The van der Waals surface area contributed by atoms with Crippen LogP contribution in [0.15, 0.2) is 11.6 Å². The van der Waals surface area contributed by atoms with E-state index in [0.29, 0.717) is 0 Å². The van der Waals surface area contributed by atoms with Crippen molar-refractivity contribution >= 4 is 29.2 Å². The Morgan fingerprint density at radius 3 is 3.00 bits per heavy atom. The number of urea groups is 1. The second-order valence-corrected chi connectivity index (χ2v) is 4.72. The quantitative estimate of drug-likeness (QED) is 0.744. The number of carbonyl (C=O) groups excluding carboxylic acids is 3. The van der Waals surface area contributed by atoms with Crippen molar-refractivity contribution in [3.63, 3.8) is 0 Å². The Hall–Kier alpha value is -1.96. The normalized spacial score (nSPS) is 16.6. The highest BCUT2D eigenvalue weighted by Crippen LogP contribution is 2.14. The SMILES string of the molecule is C[C@@H](NC(=O)CN1C(=O)CNC1=O)c1nccs1. The Balaban J connectivity index is 1.89. The summed E-state index contributed by atoms with van der Waals surface area (Å²) in [5.74, 6) is -0.778. The Morgan fingerprint density at radius 1 is 1.67 bits per heavy atom. The van der Waals surface area contributed by atoms with Gasteiger partial charge in [0.25, 0.3) is 5.91 Å². The number of nitrogens with one attached hydrogen (secondary N) is 2. The number of rotatable bonds is 4. The summed E-state index contributed by atoms with van der Waals surface area (Å²) in [6.07, 6.45) is 1.65. The van der Waals surface area contributed by atoms with Gasteiger partial charge in [0.05, 0.1) is 12.6 Å². The Labute approximate surface area is 107 Å². The first-order valence-corrected chi connectivity index (χ1v) is 6.23. The third-order valence-electron chi connectivity index (χ3n) is 2.44. The van der Waals surface area contributed by atoms with Crippen LogP contribution in [0.4, 0.5) is 4.79 Å². The lowest BCUT2D eigenvalue weighted by Crippen LogP contribution is -2.41. The summed E-state index contributed by atoms with van der Waals surface area (Å²) in [5.41, 5.74) is 0. The monoisotopic (exact) mass is 268 g/mol. The first kappa shape index (κ1) is 12.5. The number of hydrogen-bond acceptors (Lipinski definition) is 5. The van der Waals surface area contributed by atoms with E-state index < -0.39 is 11.9 Å². The molecule has 18 heavy (non-hydrogen) atoms. The lowest BCUT2D eigenvalue weighted by Gasteiger charge is -2.15. The number of aromatic nitrogens is 1. The van der Waals surface area contributed by atoms with Crippen molar-refractivity contribution in [1.82, 2.24) is 20.5 Å². The zero-order valence-corrected chi connectivity index (χ0v) is 10.5. The summed E-state index contributed by atoms with van der Waals surface area (Å²) in [7, 11) is 0. The van der Waals surface area contributed by atoms with Gasteiger partial charge in [0.1, 0.15) is 11.6 Å². The summed E-state index contributed by atoms with van der Waals surface area (Å²) in [6.45, 7) is 1.48. The van der Waals surface area contributed by atoms with Crippen LogP contribution in [0.2, 0.25) is 0 Å². The van der Waals surface area contributed by atoms with Crippen molar-refractivity contribution in [3.8, 4) is 0 Å². The third-order valence-corrected chi connectivity index (χ3v) is 3.40. The van der Waals surface area contributed by atoms with Crippen LogP contribution in [0, 0.1) is 0 Å². The first-order valence-electron chi connectivity index (χ1n) is 5.35. The molecule has 2 heterocycles. The van der Waals surface area contributed by atoms with Gasteiger partial charge in [-0.1, -0.05) is 0 Å². The van der Waals surface area contributed by atoms with Gasteiger partial charge in [-0.25, -0.2) is 9.78 Å². The molecule has 1 atom stereocenters. The van der Waals surface area contributed by atoms with Crippen molar-refractivity contribution < 1.29 is 14.4 Å². The fourth-order valence-corrected chi connectivity index (χ4v) is 2.20. The highest BCUT2D eigenvalue weighted by Gasteiger charge is 2.30. The van der Waals surface area contributed by atoms with Crippen LogP contribution >= 0.6 is 11.3 Å². The largest absolute Gasteiger partial charge is 0.346 e. The Kier molecular flexibility index (Phi) is 3.56. The van der Waals surface area contributed by atoms with Gasteiger partial charge in [-0.05, 0) is 6.92 Å². The van der Waals surface area contributed by atoms with Gasteiger partial charge in [-0.2, -0.15) is 0 Å². The van der Waals surface area contributed by atoms with E-state index >= 15 is 0 Å². The predicted molar refractivity (Wildman–Crippen MR) is 63.8 cm³/mol. The van der Waals surface area contributed by atoms with E-state index in [1.165, 1.54) is 11.3 Å². The smallest absolute Gasteiger partial charge is 0.325 e. The molecule has 7 nitrogen and oxygen atoms in total. The Bertz CT molecular complexity index is 457. The number of thiazole rings is 1. The standard InChI is InChI=1S/C10H12N4O3S/c1-6(9-11-2-3-18-9)13-7(15)5-14-8(16)4-12-10(14)17/h2-3,6H,4-5H2,1H3,(H,12,17)(H,13,15)/t6-/m1/s1. The molecule has 2 rings (SSSR count). The van der Waals surface area contributed by atoms with Gasteiger partial charge in [0, 0.05) is 11.6 Å². The van der Waals surface area contributed by atoms with Crippen LogP contribution in [0.5, 0.6) is 0 Å². The van der Waals surface area contributed by atoms with E-state index in [9.17, 15) is 14.4 Å². The minimum atomic E-state index is -0.531. The maximum Gasteiger partial charge on any atom is 0.325 e. The molecule has 0 radical (unpaired) electrons. The lowest BCUT2D eigenvalue weighted by molar-refractivity contribution is -0.130. The van der Waals surface area contributed by atoms with Gasteiger partial charge in [0.15, 0.2) is 0 Å². The minimum absolute atomic E-state index is 0.0475. The maximum atomic E-state index is 11.7. The van der Waals surface area contributed by atoms with Gasteiger partial charge < -0.3 is 10.6 Å². The summed E-state index contributed by atoms with van der Waals surface area (Å²) < 4.78 is 0. The summed E-state index contributed by atoms with van der Waals surface area (Å²) in [5, 5.41) is 7.63. The number of imide groups is 1. The van der Waals surface area contributed by atoms with Gasteiger partial charge in [0.2, 0.25) is 5.91 Å². The Morgan fingerprint density at radius 2 is 2.44 bits per heavy atom. The van der Waals surface area contributed by atoms with E-state index in [1.54, 1.807) is 13.1 Å². The average molecular weight is 268 g/mol. The molecule has 0 saturated carbocycles. The van der Waals surface area contributed by atoms with Crippen molar-refractivity contribution in [3.05, 3.63) is 16.6 Å². The number of nitrogens with zero attached hydrogens (tertiary/aromatic N) is 2. The molecule has 1 aliphatic rings. The van der Waals surface area contributed by atoms with Gasteiger partial charge in [-0.15, -0.1) is 11.3 Å². The van der Waals surface area contributed by atoms with E-state index in [0.717, 1.165) is 9.91 Å². The van der Waals surface area contributed by atoms with Gasteiger partial charge >= 0.3 is 6.03 Å². The summed E-state index contributed by atoms with van der Waals surface area (Å²) in [4.78, 5) is 39.2. The van der Waals surface area contributed by atoms with Crippen molar-refractivity contribution in [2.45, 2.75) is 13.0 Å². The highest BCUT2D eigenvalue weighted by molar-refractivity contribution is 7.09. The molecule has 0 bridgehead atoms. The van der Waals surface area contributed by atoms with Crippen LogP contribution in [0.1, 0.15) is 18.0 Å². The van der Waals surface area contributed by atoms with Crippen LogP contribution in [0.25, 0.3) is 0 Å². The third kappa shape index (κ3) is 2.65. The maximum absolute atomic E-state index is 11.7. The lowest BCUT2D eigenvalue weighted by atomic mass is 10.3. The van der Waals surface area contributed by atoms with E-state index in [1.807, 2.05) is 5.38 Å². The zero-order valence-electron chi connectivity index (χ0n) is 9.67. The molecule has 1 aromatic heterocycles. The average Bonchev–Trinajstić information content (AvgIpc) is 2.94. The van der Waals surface area contributed by atoms with E-state index in [-0.39, 0.29) is 25.0 Å². The first-order chi connectivity index (χ1) is 8.58. The topological polar surface area (TPSA) is 91.4 Å². The van der Waals surface area contributed by atoms with Crippen molar-refractivity contribution in [2.75, 3.05) is 13.1 Å². The molecule has 4 amide bonds. The molecular weight excluding hydrogens is 256 g/mol. The molecule has 0 spiro atoms. The molecule has 1 saturated heterocycles. The second-order valence-electron chi connectivity index (χ2n) is 3.80. The summed E-state index contributed by atoms with van der Waals surface area (Å²) >= 11 is 1.43. The van der Waals surface area contributed by atoms with Crippen molar-refractivity contribution in [1.29, 1.82) is 0 Å². The molecular formula is C10H12N4O3S. The minimum Gasteiger partial charge on any atom is -0.346 e. The van der Waals surface area contributed by atoms with Crippen molar-refractivity contribution in [2.24, 2.45) is 0 Å². The van der Waals surface area contributed by atoms with Crippen LogP contribution in [-0.2, 0) is 9.59 Å². The fourth-order valence-electron chi connectivity index (χ4n) is 1.56. The number of carbonyl (C=O) groups is 3. The summed E-state index contributed by atoms with van der Waals surface area (Å²) in [6, 6.07) is -0.768. The zero-order chi connectivity index (χ0) is 13.1. The molecule has 0 aromatic carbocycles. The number of amides is 4. The predicted octanol–water partition coefficient (Wildman–Crippen LogP) is -0.128. The number of hydrogen-bond donors (Lipinski definition) is 2. The molecule has 96 valence electrons. The highest BCUT2D eigenvalue weighted by atomic mass is 32.1. The molecule has 8 heteroatoms. The van der Waals surface area contributed by atoms with Gasteiger partial charge in [-0.3, -0.25) is 14.5 Å². The molecule has 2 N–H and O–H groups in total. The van der Waals surface area contributed by atoms with Crippen LogP contribution in [-0.4, -0.2) is 40.8 Å². The fraction of sp³-hybridized carbons (Fsp3) is 0.400.